The average molecular weight is 316 g/mol. The third-order valence-corrected chi connectivity index (χ3v) is 2.58. The van der Waals surface area contributed by atoms with Crippen molar-refractivity contribution in [2.45, 2.75) is 0 Å². The second-order valence-corrected chi connectivity index (χ2v) is 4.30. The summed E-state index contributed by atoms with van der Waals surface area (Å²) in [7, 11) is 0. The second kappa shape index (κ2) is 4.24. The zero-order valence-corrected chi connectivity index (χ0v) is 10.2. The van der Waals surface area contributed by atoms with Gasteiger partial charge in [-0.25, -0.2) is 4.98 Å². The van der Waals surface area contributed by atoms with E-state index < -0.39 is 0 Å². The van der Waals surface area contributed by atoms with E-state index in [1.54, 1.807) is 0 Å². The standard InChI is InChI=1S/C11H7Br2N/c12-9-6-4-8(5-7-9)10-2-1-3-11(13)14-10/h1-7H/i1D,2D,3D. The molecule has 0 atom stereocenters. The first-order valence-corrected chi connectivity index (χ1v) is 5.48. The zero-order chi connectivity index (χ0) is 12.6. The summed E-state index contributed by atoms with van der Waals surface area (Å²) in [6.07, 6.45) is 0. The van der Waals surface area contributed by atoms with E-state index in [4.69, 9.17) is 4.11 Å². The molecule has 0 radical (unpaired) electrons. The minimum absolute atomic E-state index is 0.0273. The maximum absolute atomic E-state index is 7.82. The first-order chi connectivity index (χ1) is 8.00. The lowest BCUT2D eigenvalue weighted by Gasteiger charge is -2.00. The number of hydrogen-bond donors (Lipinski definition) is 0. The molecule has 0 saturated heterocycles. The van der Waals surface area contributed by atoms with Gasteiger partial charge in [-0.15, -0.1) is 0 Å². The van der Waals surface area contributed by atoms with Gasteiger partial charge in [0.2, 0.25) is 0 Å². The van der Waals surface area contributed by atoms with Gasteiger partial charge in [0.05, 0.1) is 9.81 Å². The summed E-state index contributed by atoms with van der Waals surface area (Å²) in [5.41, 5.74) is 1.16. The van der Waals surface area contributed by atoms with E-state index in [1.165, 1.54) is 0 Å². The third kappa shape index (κ3) is 2.22. The SMILES string of the molecule is [2H]c1c(Br)nc(-c2ccc(Br)cc2)c([2H])c1[2H]. The predicted molar refractivity (Wildman–Crippen MR) is 65.1 cm³/mol. The molecule has 0 unspecified atom stereocenters. The van der Waals surface area contributed by atoms with Crippen LogP contribution in [-0.2, 0) is 0 Å². The van der Waals surface area contributed by atoms with Crippen molar-refractivity contribution in [1.82, 2.24) is 4.98 Å². The van der Waals surface area contributed by atoms with E-state index in [-0.39, 0.29) is 22.7 Å². The topological polar surface area (TPSA) is 12.9 Å². The normalized spacial score (nSPS) is 13.1. The minimum Gasteiger partial charge on any atom is -0.241 e. The highest BCUT2D eigenvalue weighted by atomic mass is 79.9. The molecule has 0 aliphatic heterocycles. The van der Waals surface area contributed by atoms with Crippen LogP contribution >= 0.6 is 31.9 Å². The van der Waals surface area contributed by atoms with E-state index in [0.717, 1.165) is 10.0 Å². The van der Waals surface area contributed by atoms with Crippen LogP contribution in [0.5, 0.6) is 0 Å². The van der Waals surface area contributed by atoms with E-state index in [0.29, 0.717) is 5.69 Å². The highest BCUT2D eigenvalue weighted by Gasteiger charge is 1.98. The fourth-order valence-corrected chi connectivity index (χ4v) is 1.58. The third-order valence-electron chi connectivity index (χ3n) is 1.67. The van der Waals surface area contributed by atoms with Crippen LogP contribution in [0.3, 0.4) is 0 Å². The van der Waals surface area contributed by atoms with E-state index in [9.17, 15) is 0 Å². The van der Waals surface area contributed by atoms with Crippen molar-refractivity contribution in [2.24, 2.45) is 0 Å². The predicted octanol–water partition coefficient (Wildman–Crippen LogP) is 4.27. The fraction of sp³-hybridized carbons (Fsp3) is 0. The summed E-state index contributed by atoms with van der Waals surface area (Å²) >= 11 is 6.47. The van der Waals surface area contributed by atoms with Gasteiger partial charge in [0.25, 0.3) is 0 Å². The van der Waals surface area contributed by atoms with Crippen LogP contribution in [0.15, 0.2) is 51.5 Å². The smallest absolute Gasteiger partial charge is 0.106 e. The number of benzene rings is 1. The molecule has 0 aliphatic rings. The largest absolute Gasteiger partial charge is 0.241 e. The van der Waals surface area contributed by atoms with Crippen LogP contribution in [-0.4, -0.2) is 4.98 Å². The molecule has 1 aromatic carbocycles. The molecule has 14 heavy (non-hydrogen) atoms. The Hall–Kier alpha value is -0.670. The molecule has 1 aromatic heterocycles. The van der Waals surface area contributed by atoms with Gasteiger partial charge in [-0.2, -0.15) is 0 Å². The van der Waals surface area contributed by atoms with Crippen molar-refractivity contribution < 1.29 is 4.11 Å². The first-order valence-electron chi connectivity index (χ1n) is 5.40. The monoisotopic (exact) mass is 314 g/mol. The summed E-state index contributed by atoms with van der Waals surface area (Å²) in [4.78, 5) is 4.14. The molecule has 0 amide bonds. The molecule has 0 saturated carbocycles. The number of halogens is 2. The van der Waals surface area contributed by atoms with Crippen molar-refractivity contribution in [2.75, 3.05) is 0 Å². The molecule has 2 rings (SSSR count). The van der Waals surface area contributed by atoms with Gasteiger partial charge >= 0.3 is 0 Å². The first kappa shape index (κ1) is 6.75. The number of rotatable bonds is 1. The summed E-state index contributed by atoms with van der Waals surface area (Å²) in [5, 5.41) is 0. The zero-order valence-electron chi connectivity index (χ0n) is 10.0. The fourth-order valence-electron chi connectivity index (χ4n) is 1.04. The van der Waals surface area contributed by atoms with Crippen molar-refractivity contribution in [3.8, 4) is 11.3 Å². The maximum atomic E-state index is 7.82. The van der Waals surface area contributed by atoms with Crippen LogP contribution < -0.4 is 0 Å². The quantitative estimate of drug-likeness (QED) is 0.716. The Morgan fingerprint density at radius 1 is 1.07 bits per heavy atom. The van der Waals surface area contributed by atoms with Gasteiger partial charge in [-0.05, 0) is 40.1 Å². The van der Waals surface area contributed by atoms with E-state index in [2.05, 4.69) is 36.8 Å². The van der Waals surface area contributed by atoms with Gasteiger partial charge in [-0.3, -0.25) is 0 Å². The second-order valence-electron chi connectivity index (χ2n) is 2.63. The van der Waals surface area contributed by atoms with Crippen LogP contribution in [0.25, 0.3) is 11.3 Å². The molecule has 0 aliphatic carbocycles. The molecule has 70 valence electrons. The van der Waals surface area contributed by atoms with E-state index >= 15 is 0 Å². The lowest BCUT2D eigenvalue weighted by atomic mass is 10.1. The Bertz CT molecular complexity index is 570. The number of pyridine rings is 1. The van der Waals surface area contributed by atoms with Gasteiger partial charge in [0.15, 0.2) is 0 Å². The lowest BCUT2D eigenvalue weighted by Crippen LogP contribution is -1.82. The maximum Gasteiger partial charge on any atom is 0.106 e. The van der Waals surface area contributed by atoms with Crippen LogP contribution in [0, 0.1) is 0 Å². The highest BCUT2D eigenvalue weighted by Crippen LogP contribution is 2.21. The molecule has 0 bridgehead atoms. The van der Waals surface area contributed by atoms with Gasteiger partial charge < -0.3 is 0 Å². The Labute approximate surface area is 104 Å². The molecule has 0 fully saturated rings. The van der Waals surface area contributed by atoms with Crippen molar-refractivity contribution >= 4 is 31.9 Å². The molecular formula is C11H7Br2N. The lowest BCUT2D eigenvalue weighted by molar-refractivity contribution is 1.28. The summed E-state index contributed by atoms with van der Waals surface area (Å²) < 4.78 is 24.3. The molecule has 0 spiro atoms. The number of hydrogen-bond acceptors (Lipinski definition) is 1. The Morgan fingerprint density at radius 2 is 1.79 bits per heavy atom. The molecular weight excluding hydrogens is 306 g/mol. The van der Waals surface area contributed by atoms with Gasteiger partial charge in [0.1, 0.15) is 4.60 Å². The molecule has 1 nitrogen and oxygen atoms in total. The van der Waals surface area contributed by atoms with Gasteiger partial charge in [-0.1, -0.05) is 34.1 Å². The Kier molecular flexibility index (Phi) is 2.04. The van der Waals surface area contributed by atoms with Gasteiger partial charge in [0, 0.05) is 10.0 Å². The number of nitrogens with zero attached hydrogens (tertiary/aromatic N) is 1. The number of aromatic nitrogens is 1. The highest BCUT2D eigenvalue weighted by molar-refractivity contribution is 9.10. The summed E-state index contributed by atoms with van der Waals surface area (Å²) in [5.74, 6) is 0. The van der Waals surface area contributed by atoms with Crippen LogP contribution in [0.1, 0.15) is 4.11 Å². The van der Waals surface area contributed by atoms with Crippen molar-refractivity contribution in [3.63, 3.8) is 0 Å². The molecule has 3 heteroatoms. The molecule has 2 aromatic rings. The average Bonchev–Trinajstić information content (AvgIpc) is 2.32. The summed E-state index contributed by atoms with van der Waals surface area (Å²) in [6.45, 7) is 0. The molecule has 1 heterocycles. The minimum atomic E-state index is -0.121. The van der Waals surface area contributed by atoms with Crippen molar-refractivity contribution in [1.29, 1.82) is 0 Å². The van der Waals surface area contributed by atoms with E-state index in [1.807, 2.05) is 24.3 Å². The Morgan fingerprint density at radius 3 is 2.50 bits per heavy atom. The molecule has 0 N–H and O–H groups in total. The Balaban J connectivity index is 2.64. The van der Waals surface area contributed by atoms with Crippen LogP contribution in [0.4, 0.5) is 0 Å². The summed E-state index contributed by atoms with van der Waals surface area (Å²) in [6, 6.07) is 7.13. The van der Waals surface area contributed by atoms with Crippen molar-refractivity contribution in [3.05, 3.63) is 51.5 Å². The van der Waals surface area contributed by atoms with Crippen LogP contribution in [0.2, 0.25) is 0 Å².